The Morgan fingerprint density at radius 1 is 1.18 bits per heavy atom. The Bertz CT molecular complexity index is 403. The Balaban J connectivity index is 2.43. The summed E-state index contributed by atoms with van der Waals surface area (Å²) < 4.78 is 0. The van der Waals surface area contributed by atoms with Crippen LogP contribution in [-0.4, -0.2) is 11.6 Å². The van der Waals surface area contributed by atoms with E-state index in [1.54, 1.807) is 6.08 Å². The highest BCUT2D eigenvalue weighted by Crippen LogP contribution is 2.57. The first-order valence-corrected chi connectivity index (χ1v) is 6.57. The maximum absolute atomic E-state index is 12.2. The van der Waals surface area contributed by atoms with Gasteiger partial charge in [-0.05, 0) is 24.3 Å². The fraction of sp³-hybridized carbons (Fsp3) is 0.733. The van der Waals surface area contributed by atoms with Gasteiger partial charge in [0.2, 0.25) is 0 Å². The third-order valence-electron chi connectivity index (χ3n) is 5.13. The lowest BCUT2D eigenvalue weighted by Crippen LogP contribution is -2.38. The fourth-order valence-corrected chi connectivity index (χ4v) is 3.32. The van der Waals surface area contributed by atoms with Crippen molar-refractivity contribution in [1.82, 2.24) is 0 Å². The molecule has 17 heavy (non-hydrogen) atoms. The van der Waals surface area contributed by atoms with Crippen molar-refractivity contribution in [2.75, 3.05) is 0 Å². The van der Waals surface area contributed by atoms with Crippen molar-refractivity contribution in [2.24, 2.45) is 16.7 Å². The molecule has 0 aliphatic heterocycles. The minimum Gasteiger partial charge on any atom is -0.295 e. The second-order valence-corrected chi connectivity index (χ2v) is 6.56. The topological polar surface area (TPSA) is 34.1 Å². The normalized spacial score (nSPS) is 37.2. The van der Waals surface area contributed by atoms with Crippen molar-refractivity contribution < 1.29 is 9.59 Å². The van der Waals surface area contributed by atoms with E-state index >= 15 is 0 Å². The van der Waals surface area contributed by atoms with E-state index in [4.69, 9.17) is 0 Å². The predicted molar refractivity (Wildman–Crippen MR) is 67.6 cm³/mol. The molecule has 0 amide bonds. The lowest BCUT2D eigenvalue weighted by atomic mass is 9.62. The Kier molecular flexibility index (Phi) is 2.80. The van der Waals surface area contributed by atoms with Crippen molar-refractivity contribution in [1.29, 1.82) is 0 Å². The first-order valence-electron chi connectivity index (χ1n) is 6.57. The molecule has 0 bridgehead atoms. The molecule has 2 aliphatic rings. The number of hydrogen-bond donors (Lipinski definition) is 0. The highest BCUT2D eigenvalue weighted by molar-refractivity contribution is 6.10. The second-order valence-electron chi connectivity index (χ2n) is 6.56. The standard InChI is InChI=1S/C15H22O2/c1-10-8-13(17)11(9-12(10)16)15(4)7-5-6-14(15,2)3/h9-10H,5-8H2,1-4H3. The number of Topliss-reactive ketones (excluding diaryl/α,β-unsaturated/α-hetero) is 1. The zero-order valence-corrected chi connectivity index (χ0v) is 11.3. The van der Waals surface area contributed by atoms with Crippen LogP contribution in [0.4, 0.5) is 0 Å². The number of rotatable bonds is 1. The molecule has 0 aromatic heterocycles. The molecule has 2 rings (SSSR count). The first-order chi connectivity index (χ1) is 7.78. The van der Waals surface area contributed by atoms with E-state index in [1.165, 1.54) is 0 Å². The van der Waals surface area contributed by atoms with Crippen LogP contribution >= 0.6 is 0 Å². The van der Waals surface area contributed by atoms with E-state index in [-0.39, 0.29) is 28.3 Å². The lowest BCUT2D eigenvalue weighted by molar-refractivity contribution is -0.126. The zero-order valence-electron chi connectivity index (χ0n) is 11.3. The van der Waals surface area contributed by atoms with Crippen molar-refractivity contribution in [3.8, 4) is 0 Å². The number of allylic oxidation sites excluding steroid dienone is 2. The Labute approximate surface area is 103 Å². The maximum atomic E-state index is 12.2. The molecular weight excluding hydrogens is 212 g/mol. The number of hydrogen-bond acceptors (Lipinski definition) is 2. The van der Waals surface area contributed by atoms with Gasteiger partial charge < -0.3 is 0 Å². The fourth-order valence-electron chi connectivity index (χ4n) is 3.32. The predicted octanol–water partition coefficient (Wildman–Crippen LogP) is 3.31. The summed E-state index contributed by atoms with van der Waals surface area (Å²) in [5, 5.41) is 0. The van der Waals surface area contributed by atoms with Crippen LogP contribution in [0.5, 0.6) is 0 Å². The molecule has 94 valence electrons. The van der Waals surface area contributed by atoms with Gasteiger partial charge in [-0.1, -0.05) is 34.1 Å². The molecule has 2 unspecified atom stereocenters. The number of ketones is 2. The van der Waals surface area contributed by atoms with Gasteiger partial charge in [-0.2, -0.15) is 0 Å². The highest BCUT2D eigenvalue weighted by Gasteiger charge is 2.50. The quantitative estimate of drug-likeness (QED) is 0.697. The summed E-state index contributed by atoms with van der Waals surface area (Å²) in [6, 6.07) is 0. The third-order valence-corrected chi connectivity index (χ3v) is 5.13. The molecule has 0 aromatic carbocycles. The molecule has 0 heterocycles. The van der Waals surface area contributed by atoms with Crippen LogP contribution in [0.1, 0.15) is 53.4 Å². The smallest absolute Gasteiger partial charge is 0.160 e. The van der Waals surface area contributed by atoms with E-state index in [2.05, 4.69) is 20.8 Å². The van der Waals surface area contributed by atoms with Crippen LogP contribution in [0.15, 0.2) is 11.6 Å². The van der Waals surface area contributed by atoms with E-state index in [1.807, 2.05) is 6.92 Å². The molecule has 0 saturated heterocycles. The van der Waals surface area contributed by atoms with Gasteiger partial charge in [0.25, 0.3) is 0 Å². The molecule has 2 aliphatic carbocycles. The van der Waals surface area contributed by atoms with E-state index in [0.717, 1.165) is 24.8 Å². The summed E-state index contributed by atoms with van der Waals surface area (Å²) in [6.07, 6.45) is 5.36. The molecule has 2 nitrogen and oxygen atoms in total. The summed E-state index contributed by atoms with van der Waals surface area (Å²) in [7, 11) is 0. The molecule has 0 aromatic rings. The molecule has 2 heteroatoms. The van der Waals surface area contributed by atoms with Gasteiger partial charge in [0.15, 0.2) is 11.6 Å². The van der Waals surface area contributed by atoms with Gasteiger partial charge in [-0.15, -0.1) is 0 Å². The summed E-state index contributed by atoms with van der Waals surface area (Å²) in [4.78, 5) is 24.0. The number of carbonyl (C=O) groups excluding carboxylic acids is 2. The van der Waals surface area contributed by atoms with Crippen LogP contribution in [-0.2, 0) is 9.59 Å². The third kappa shape index (κ3) is 1.78. The van der Waals surface area contributed by atoms with Crippen molar-refractivity contribution in [3.05, 3.63) is 11.6 Å². The second kappa shape index (κ2) is 3.79. The molecule has 0 spiro atoms. The van der Waals surface area contributed by atoms with Gasteiger partial charge >= 0.3 is 0 Å². The van der Waals surface area contributed by atoms with E-state index in [9.17, 15) is 9.59 Å². The van der Waals surface area contributed by atoms with Gasteiger partial charge in [0, 0.05) is 23.3 Å². The summed E-state index contributed by atoms with van der Waals surface area (Å²) in [5.41, 5.74) is 0.804. The van der Waals surface area contributed by atoms with Crippen molar-refractivity contribution >= 4 is 11.6 Å². The average molecular weight is 234 g/mol. The van der Waals surface area contributed by atoms with Gasteiger partial charge in [0.1, 0.15) is 0 Å². The minimum absolute atomic E-state index is 0.111. The minimum atomic E-state index is -0.126. The van der Waals surface area contributed by atoms with Gasteiger partial charge in [-0.3, -0.25) is 9.59 Å². The Hall–Kier alpha value is -0.920. The van der Waals surface area contributed by atoms with Crippen molar-refractivity contribution in [3.63, 3.8) is 0 Å². The largest absolute Gasteiger partial charge is 0.295 e. The SMILES string of the molecule is CC1CC(=O)C(C2(C)CCCC2(C)C)=CC1=O. The van der Waals surface area contributed by atoms with Gasteiger partial charge in [-0.25, -0.2) is 0 Å². The summed E-state index contributed by atoms with van der Waals surface area (Å²) >= 11 is 0. The lowest BCUT2D eigenvalue weighted by Gasteiger charge is -2.41. The maximum Gasteiger partial charge on any atom is 0.160 e. The van der Waals surface area contributed by atoms with E-state index in [0.29, 0.717) is 6.42 Å². The van der Waals surface area contributed by atoms with E-state index < -0.39 is 0 Å². The Morgan fingerprint density at radius 3 is 2.35 bits per heavy atom. The molecule has 2 atom stereocenters. The van der Waals surface area contributed by atoms with Gasteiger partial charge in [0.05, 0.1) is 0 Å². The number of carbonyl (C=O) groups is 2. The van der Waals surface area contributed by atoms with Crippen LogP contribution in [0.3, 0.4) is 0 Å². The average Bonchev–Trinajstić information content (AvgIpc) is 2.48. The molecule has 0 radical (unpaired) electrons. The van der Waals surface area contributed by atoms with Crippen molar-refractivity contribution in [2.45, 2.75) is 53.4 Å². The molecular formula is C15H22O2. The zero-order chi connectivity index (χ0) is 12.8. The molecule has 0 N–H and O–H groups in total. The summed E-state index contributed by atoms with van der Waals surface area (Å²) in [6.45, 7) is 8.44. The monoisotopic (exact) mass is 234 g/mol. The first kappa shape index (κ1) is 12.5. The van der Waals surface area contributed by atoms with Crippen LogP contribution in [0, 0.1) is 16.7 Å². The van der Waals surface area contributed by atoms with Crippen LogP contribution in [0.25, 0.3) is 0 Å². The van der Waals surface area contributed by atoms with Crippen LogP contribution < -0.4 is 0 Å². The summed E-state index contributed by atoms with van der Waals surface area (Å²) in [5.74, 6) is 0.192. The molecule has 1 saturated carbocycles. The van der Waals surface area contributed by atoms with Crippen LogP contribution in [0.2, 0.25) is 0 Å². The Morgan fingerprint density at radius 2 is 1.82 bits per heavy atom. The highest BCUT2D eigenvalue weighted by atomic mass is 16.1. The molecule has 1 fully saturated rings.